The summed E-state index contributed by atoms with van der Waals surface area (Å²) < 4.78 is 5.46. The first-order chi connectivity index (χ1) is 10.6. The van der Waals surface area contributed by atoms with Crippen molar-refractivity contribution < 1.29 is 9.53 Å². The van der Waals surface area contributed by atoms with Gasteiger partial charge in [-0.3, -0.25) is 14.6 Å². The molecule has 1 saturated heterocycles. The van der Waals surface area contributed by atoms with Crippen LogP contribution in [0.25, 0.3) is 0 Å². The van der Waals surface area contributed by atoms with E-state index in [1.54, 1.807) is 18.9 Å². The minimum Gasteiger partial charge on any atom is -0.381 e. The summed E-state index contributed by atoms with van der Waals surface area (Å²) in [6.45, 7) is 6.56. The van der Waals surface area contributed by atoms with Crippen molar-refractivity contribution >= 4 is 22.4 Å². The van der Waals surface area contributed by atoms with E-state index in [0.717, 1.165) is 36.8 Å². The molecule has 2 N–H and O–H groups in total. The molecular formula is C15H26N4O2S. The normalized spacial score (nSPS) is 22.7. The number of anilines is 1. The number of aromatic nitrogens is 1. The van der Waals surface area contributed by atoms with E-state index in [1.165, 1.54) is 11.3 Å². The zero-order chi connectivity index (χ0) is 16.1. The van der Waals surface area contributed by atoms with E-state index in [-0.39, 0.29) is 5.91 Å². The minimum absolute atomic E-state index is 0.0316. The molecule has 2 rings (SSSR count). The van der Waals surface area contributed by atoms with E-state index in [9.17, 15) is 4.79 Å². The van der Waals surface area contributed by atoms with Gasteiger partial charge in [-0.25, -0.2) is 4.98 Å². The number of thiazole rings is 1. The fraction of sp³-hybridized carbons (Fsp3) is 0.733. The molecule has 22 heavy (non-hydrogen) atoms. The van der Waals surface area contributed by atoms with Crippen molar-refractivity contribution in [2.75, 3.05) is 31.6 Å². The predicted molar refractivity (Wildman–Crippen MR) is 89.1 cm³/mol. The summed E-state index contributed by atoms with van der Waals surface area (Å²) in [6, 6.07) is 0.332. The van der Waals surface area contributed by atoms with Crippen LogP contribution in [-0.4, -0.2) is 54.7 Å². The molecule has 0 aliphatic carbocycles. The third kappa shape index (κ3) is 4.04. The van der Waals surface area contributed by atoms with Gasteiger partial charge in [0.15, 0.2) is 5.13 Å². The zero-order valence-electron chi connectivity index (χ0n) is 13.6. The molecule has 1 fully saturated rings. The molecule has 1 amide bonds. The van der Waals surface area contributed by atoms with Gasteiger partial charge in [-0.1, -0.05) is 0 Å². The lowest BCUT2D eigenvalue weighted by atomic mass is 9.99. The molecule has 0 spiro atoms. The van der Waals surface area contributed by atoms with Gasteiger partial charge in [0.25, 0.3) is 0 Å². The Balaban J connectivity index is 2.01. The quantitative estimate of drug-likeness (QED) is 0.857. The van der Waals surface area contributed by atoms with Gasteiger partial charge in [0.2, 0.25) is 5.91 Å². The number of likely N-dealkylation sites (tertiary alicyclic amines) is 1. The van der Waals surface area contributed by atoms with Crippen LogP contribution in [0.15, 0.2) is 5.38 Å². The lowest BCUT2D eigenvalue weighted by molar-refractivity contribution is -0.116. The molecule has 0 saturated carbocycles. The lowest BCUT2D eigenvalue weighted by Gasteiger charge is -2.38. The van der Waals surface area contributed by atoms with Crippen LogP contribution in [0.2, 0.25) is 0 Å². The van der Waals surface area contributed by atoms with Gasteiger partial charge in [-0.05, 0) is 19.8 Å². The SMILES string of the molecule is CCN(C(C)=O)c1nc(CN2CCC(OC)CC2CN)cs1. The maximum Gasteiger partial charge on any atom is 0.225 e. The third-order valence-corrected chi connectivity index (χ3v) is 5.14. The fourth-order valence-electron chi connectivity index (χ4n) is 2.92. The van der Waals surface area contributed by atoms with Gasteiger partial charge < -0.3 is 10.5 Å². The van der Waals surface area contributed by atoms with Crippen LogP contribution in [0.3, 0.4) is 0 Å². The van der Waals surface area contributed by atoms with Gasteiger partial charge >= 0.3 is 0 Å². The Hall–Kier alpha value is -1.02. The Bertz CT molecular complexity index is 494. The first kappa shape index (κ1) is 17.3. The first-order valence-corrected chi connectivity index (χ1v) is 8.66. The molecule has 2 unspecified atom stereocenters. The molecule has 2 heterocycles. The molecule has 6 nitrogen and oxygen atoms in total. The third-order valence-electron chi connectivity index (χ3n) is 4.23. The maximum absolute atomic E-state index is 11.6. The summed E-state index contributed by atoms with van der Waals surface area (Å²) in [5, 5.41) is 2.82. The molecule has 1 aromatic heterocycles. The minimum atomic E-state index is 0.0316. The monoisotopic (exact) mass is 326 g/mol. The fourth-order valence-corrected chi connectivity index (χ4v) is 3.85. The van der Waals surface area contributed by atoms with Crippen LogP contribution in [0, 0.1) is 0 Å². The molecule has 0 radical (unpaired) electrons. The number of hydrogen-bond acceptors (Lipinski definition) is 6. The highest BCUT2D eigenvalue weighted by atomic mass is 32.1. The van der Waals surface area contributed by atoms with E-state index in [0.29, 0.717) is 25.2 Å². The van der Waals surface area contributed by atoms with E-state index in [1.807, 2.05) is 12.3 Å². The smallest absolute Gasteiger partial charge is 0.225 e. The molecular weight excluding hydrogens is 300 g/mol. The summed E-state index contributed by atoms with van der Waals surface area (Å²) in [4.78, 5) is 20.3. The summed E-state index contributed by atoms with van der Waals surface area (Å²) in [5.41, 5.74) is 6.92. The number of rotatable bonds is 6. The van der Waals surface area contributed by atoms with Gasteiger partial charge in [-0.2, -0.15) is 0 Å². The number of amides is 1. The number of hydrogen-bond donors (Lipinski definition) is 1. The van der Waals surface area contributed by atoms with Crippen molar-refractivity contribution in [2.24, 2.45) is 5.73 Å². The van der Waals surface area contributed by atoms with Crippen molar-refractivity contribution in [3.05, 3.63) is 11.1 Å². The summed E-state index contributed by atoms with van der Waals surface area (Å²) >= 11 is 1.52. The number of methoxy groups -OCH3 is 1. The van der Waals surface area contributed by atoms with Crippen LogP contribution < -0.4 is 10.6 Å². The van der Waals surface area contributed by atoms with Crippen LogP contribution >= 0.6 is 11.3 Å². The summed E-state index contributed by atoms with van der Waals surface area (Å²) in [6.07, 6.45) is 2.31. The number of carbonyl (C=O) groups excluding carboxylic acids is 1. The predicted octanol–water partition coefficient (Wildman–Crippen LogP) is 1.45. The van der Waals surface area contributed by atoms with Crippen molar-refractivity contribution in [3.63, 3.8) is 0 Å². The topological polar surface area (TPSA) is 71.7 Å². The lowest BCUT2D eigenvalue weighted by Crippen LogP contribution is -2.48. The Kier molecular flexibility index (Phi) is 6.31. The Morgan fingerprint density at radius 1 is 1.64 bits per heavy atom. The summed E-state index contributed by atoms with van der Waals surface area (Å²) in [5.74, 6) is 0.0316. The highest BCUT2D eigenvalue weighted by molar-refractivity contribution is 7.14. The van der Waals surface area contributed by atoms with E-state index >= 15 is 0 Å². The average molecular weight is 326 g/mol. The first-order valence-electron chi connectivity index (χ1n) is 7.78. The Morgan fingerprint density at radius 3 is 3.00 bits per heavy atom. The largest absolute Gasteiger partial charge is 0.381 e. The number of nitrogens with zero attached hydrogens (tertiary/aromatic N) is 3. The zero-order valence-corrected chi connectivity index (χ0v) is 14.4. The average Bonchev–Trinajstić information content (AvgIpc) is 2.96. The second-order valence-electron chi connectivity index (χ2n) is 5.63. The van der Waals surface area contributed by atoms with E-state index in [4.69, 9.17) is 10.5 Å². The van der Waals surface area contributed by atoms with Gasteiger partial charge in [0.1, 0.15) is 0 Å². The number of ether oxygens (including phenoxy) is 1. The number of piperidine rings is 1. The molecule has 2 atom stereocenters. The highest BCUT2D eigenvalue weighted by Crippen LogP contribution is 2.25. The van der Waals surface area contributed by atoms with E-state index < -0.39 is 0 Å². The standard InChI is InChI=1S/C15H26N4O2S/c1-4-19(11(2)20)15-17-12(10-22-15)9-18-6-5-14(21-3)7-13(18)8-16/h10,13-14H,4-9,16H2,1-3H3. The summed E-state index contributed by atoms with van der Waals surface area (Å²) in [7, 11) is 1.77. The second kappa shape index (κ2) is 8.01. The van der Waals surface area contributed by atoms with Crippen molar-refractivity contribution in [1.82, 2.24) is 9.88 Å². The Labute approximate surface area is 136 Å². The number of nitrogens with two attached hydrogens (primary N) is 1. The van der Waals surface area contributed by atoms with Crippen LogP contribution in [-0.2, 0) is 16.1 Å². The molecule has 7 heteroatoms. The molecule has 0 bridgehead atoms. The van der Waals surface area contributed by atoms with Crippen LogP contribution in [0.4, 0.5) is 5.13 Å². The van der Waals surface area contributed by atoms with E-state index in [2.05, 4.69) is 9.88 Å². The maximum atomic E-state index is 11.6. The van der Waals surface area contributed by atoms with Crippen LogP contribution in [0.5, 0.6) is 0 Å². The molecule has 0 aromatic carbocycles. The van der Waals surface area contributed by atoms with Crippen molar-refractivity contribution in [3.8, 4) is 0 Å². The highest BCUT2D eigenvalue weighted by Gasteiger charge is 2.28. The Morgan fingerprint density at radius 2 is 2.41 bits per heavy atom. The molecule has 1 aliphatic heterocycles. The van der Waals surface area contributed by atoms with Gasteiger partial charge in [-0.15, -0.1) is 11.3 Å². The van der Waals surface area contributed by atoms with Gasteiger partial charge in [0, 0.05) is 51.6 Å². The second-order valence-corrected chi connectivity index (χ2v) is 6.46. The number of carbonyl (C=O) groups is 1. The molecule has 1 aromatic rings. The van der Waals surface area contributed by atoms with Crippen LogP contribution in [0.1, 0.15) is 32.4 Å². The van der Waals surface area contributed by atoms with Crippen molar-refractivity contribution in [1.29, 1.82) is 0 Å². The van der Waals surface area contributed by atoms with Crippen molar-refractivity contribution in [2.45, 2.75) is 45.4 Å². The van der Waals surface area contributed by atoms with Gasteiger partial charge in [0.05, 0.1) is 11.8 Å². The molecule has 1 aliphatic rings. The molecule has 124 valence electrons.